The predicted molar refractivity (Wildman–Crippen MR) is 79.2 cm³/mol. The van der Waals surface area contributed by atoms with Crippen LogP contribution in [0.25, 0.3) is 0 Å². The molecule has 0 saturated carbocycles. The normalized spacial score (nSPS) is 17.0. The molecule has 1 heterocycles. The number of aliphatic imine (C=N–C) groups is 2. The number of rotatable bonds is 3. The lowest BCUT2D eigenvalue weighted by Crippen LogP contribution is -2.43. The average Bonchev–Trinajstić information content (AvgIpc) is 2.33. The molecule has 1 aromatic carbocycles. The van der Waals surface area contributed by atoms with Gasteiger partial charge in [-0.25, -0.2) is 15.0 Å². The number of nitrogens with zero attached hydrogens (tertiary/aromatic N) is 3. The summed E-state index contributed by atoms with van der Waals surface area (Å²) < 4.78 is 0. The van der Waals surface area contributed by atoms with E-state index in [4.69, 9.17) is 39.6 Å². The Balaban J connectivity index is 2.09. The SMILES string of the molecule is CC1(C)N=CN=CN1OCc1cc(Cl)c(Cl)cc1Cl. The van der Waals surface area contributed by atoms with Crippen LogP contribution in [-0.2, 0) is 11.4 Å². The molecule has 102 valence electrons. The summed E-state index contributed by atoms with van der Waals surface area (Å²) in [5.74, 6) is 0. The van der Waals surface area contributed by atoms with Crippen LogP contribution < -0.4 is 0 Å². The van der Waals surface area contributed by atoms with Crippen LogP contribution in [0.4, 0.5) is 0 Å². The van der Waals surface area contributed by atoms with Crippen LogP contribution in [0.3, 0.4) is 0 Å². The maximum atomic E-state index is 6.09. The Labute approximate surface area is 126 Å². The predicted octanol–water partition coefficient (Wildman–Crippen LogP) is 4.19. The van der Waals surface area contributed by atoms with Crippen LogP contribution in [0.1, 0.15) is 19.4 Å². The minimum Gasteiger partial charge on any atom is -0.265 e. The molecular weight excluding hydrogens is 309 g/mol. The second kappa shape index (κ2) is 5.67. The lowest BCUT2D eigenvalue weighted by molar-refractivity contribution is -0.160. The third kappa shape index (κ3) is 3.39. The fourth-order valence-electron chi connectivity index (χ4n) is 1.47. The van der Waals surface area contributed by atoms with E-state index in [0.717, 1.165) is 5.56 Å². The fourth-order valence-corrected chi connectivity index (χ4v) is 2.09. The molecule has 2 rings (SSSR count). The molecule has 4 nitrogen and oxygen atoms in total. The van der Waals surface area contributed by atoms with E-state index in [1.807, 2.05) is 13.8 Å². The molecule has 0 atom stereocenters. The van der Waals surface area contributed by atoms with Crippen LogP contribution in [0.2, 0.25) is 15.1 Å². The molecule has 0 fully saturated rings. The lowest BCUT2D eigenvalue weighted by atomic mass is 10.2. The van der Waals surface area contributed by atoms with E-state index < -0.39 is 5.66 Å². The molecule has 1 aromatic rings. The van der Waals surface area contributed by atoms with Gasteiger partial charge in [0.25, 0.3) is 0 Å². The first-order valence-corrected chi connectivity index (χ1v) is 6.66. The Bertz CT molecular complexity index is 543. The van der Waals surface area contributed by atoms with Crippen LogP contribution >= 0.6 is 34.8 Å². The summed E-state index contributed by atoms with van der Waals surface area (Å²) in [7, 11) is 0. The highest BCUT2D eigenvalue weighted by Crippen LogP contribution is 2.30. The summed E-state index contributed by atoms with van der Waals surface area (Å²) in [6, 6.07) is 3.28. The maximum absolute atomic E-state index is 6.09. The van der Waals surface area contributed by atoms with E-state index in [1.54, 1.807) is 23.5 Å². The average molecular weight is 321 g/mol. The van der Waals surface area contributed by atoms with Gasteiger partial charge >= 0.3 is 0 Å². The van der Waals surface area contributed by atoms with E-state index in [0.29, 0.717) is 15.1 Å². The lowest BCUT2D eigenvalue weighted by Gasteiger charge is -2.33. The van der Waals surface area contributed by atoms with E-state index in [2.05, 4.69) is 9.98 Å². The van der Waals surface area contributed by atoms with Crippen molar-refractivity contribution in [1.82, 2.24) is 5.06 Å². The van der Waals surface area contributed by atoms with Gasteiger partial charge in [-0.1, -0.05) is 34.8 Å². The van der Waals surface area contributed by atoms with E-state index in [-0.39, 0.29) is 6.61 Å². The molecule has 0 aromatic heterocycles. The van der Waals surface area contributed by atoms with Crippen LogP contribution in [0, 0.1) is 0 Å². The van der Waals surface area contributed by atoms with Crippen molar-refractivity contribution in [3.05, 3.63) is 32.8 Å². The van der Waals surface area contributed by atoms with Crippen molar-refractivity contribution in [2.75, 3.05) is 0 Å². The van der Waals surface area contributed by atoms with Gasteiger partial charge in [0, 0.05) is 10.6 Å². The summed E-state index contributed by atoms with van der Waals surface area (Å²) in [4.78, 5) is 13.8. The zero-order chi connectivity index (χ0) is 14.0. The Hall–Kier alpha value is -0.810. The van der Waals surface area contributed by atoms with E-state index in [1.165, 1.54) is 6.34 Å². The van der Waals surface area contributed by atoms with Gasteiger partial charge in [-0.2, -0.15) is 0 Å². The molecule has 0 amide bonds. The van der Waals surface area contributed by atoms with Crippen molar-refractivity contribution < 1.29 is 4.84 Å². The molecule has 1 aliphatic rings. The summed E-state index contributed by atoms with van der Waals surface area (Å²) in [6.07, 6.45) is 3.06. The third-order valence-corrected chi connectivity index (χ3v) is 3.67. The van der Waals surface area contributed by atoms with Crippen LogP contribution in [0.15, 0.2) is 22.1 Å². The highest BCUT2D eigenvalue weighted by molar-refractivity contribution is 6.43. The second-order valence-electron chi connectivity index (χ2n) is 4.46. The molecule has 0 bridgehead atoms. The molecule has 0 unspecified atom stereocenters. The molecule has 7 heteroatoms. The second-order valence-corrected chi connectivity index (χ2v) is 5.68. The minimum atomic E-state index is -0.509. The molecule has 0 N–H and O–H groups in total. The summed E-state index contributed by atoms with van der Waals surface area (Å²) in [5, 5.41) is 2.92. The first kappa shape index (κ1) is 14.6. The first-order valence-electron chi connectivity index (χ1n) is 5.53. The van der Waals surface area contributed by atoms with Gasteiger partial charge in [-0.15, -0.1) is 0 Å². The van der Waals surface area contributed by atoms with Gasteiger partial charge in [-0.05, 0) is 26.0 Å². The third-order valence-electron chi connectivity index (χ3n) is 2.60. The summed E-state index contributed by atoms with van der Waals surface area (Å²) in [5.41, 5.74) is 0.236. The molecule has 0 aliphatic carbocycles. The van der Waals surface area contributed by atoms with Crippen molar-refractivity contribution in [2.24, 2.45) is 9.98 Å². The summed E-state index contributed by atoms with van der Waals surface area (Å²) in [6.45, 7) is 4.07. The van der Waals surface area contributed by atoms with Crippen molar-refractivity contribution in [3.8, 4) is 0 Å². The fraction of sp³-hybridized carbons (Fsp3) is 0.333. The number of hydroxylamine groups is 2. The molecular formula is C12H12Cl3N3O. The topological polar surface area (TPSA) is 37.2 Å². The van der Waals surface area contributed by atoms with Crippen molar-refractivity contribution in [3.63, 3.8) is 0 Å². The van der Waals surface area contributed by atoms with Gasteiger partial charge < -0.3 is 0 Å². The van der Waals surface area contributed by atoms with E-state index in [9.17, 15) is 0 Å². The molecule has 0 spiro atoms. The largest absolute Gasteiger partial charge is 0.265 e. The molecule has 19 heavy (non-hydrogen) atoms. The van der Waals surface area contributed by atoms with Crippen molar-refractivity contribution in [1.29, 1.82) is 0 Å². The Morgan fingerprint density at radius 1 is 1.16 bits per heavy atom. The Morgan fingerprint density at radius 2 is 1.84 bits per heavy atom. The zero-order valence-corrected chi connectivity index (χ0v) is 12.7. The first-order chi connectivity index (χ1) is 8.90. The monoisotopic (exact) mass is 319 g/mol. The molecule has 0 radical (unpaired) electrons. The van der Waals surface area contributed by atoms with Gasteiger partial charge in [0.1, 0.15) is 19.3 Å². The number of hydrogen-bond donors (Lipinski definition) is 0. The van der Waals surface area contributed by atoms with Crippen molar-refractivity contribution >= 4 is 47.5 Å². The number of benzene rings is 1. The standard InChI is InChI=1S/C12H12Cl3N3O/c1-12(2)17-6-16-7-18(12)19-5-8-3-10(14)11(15)4-9(8)13/h3-4,6-7H,5H2,1-2H3. The number of halogens is 3. The molecule has 0 saturated heterocycles. The Morgan fingerprint density at radius 3 is 2.53 bits per heavy atom. The van der Waals surface area contributed by atoms with Gasteiger partial charge in [-0.3, -0.25) is 4.84 Å². The van der Waals surface area contributed by atoms with Gasteiger partial charge in [0.15, 0.2) is 5.66 Å². The highest BCUT2D eigenvalue weighted by atomic mass is 35.5. The highest BCUT2D eigenvalue weighted by Gasteiger charge is 2.26. The van der Waals surface area contributed by atoms with Crippen LogP contribution in [-0.4, -0.2) is 23.4 Å². The summed E-state index contributed by atoms with van der Waals surface area (Å²) >= 11 is 17.9. The maximum Gasteiger partial charge on any atom is 0.153 e. The Kier molecular flexibility index (Phi) is 4.36. The zero-order valence-electron chi connectivity index (χ0n) is 10.4. The van der Waals surface area contributed by atoms with Gasteiger partial charge in [0.2, 0.25) is 0 Å². The van der Waals surface area contributed by atoms with Crippen molar-refractivity contribution in [2.45, 2.75) is 26.1 Å². The van der Waals surface area contributed by atoms with E-state index >= 15 is 0 Å². The minimum absolute atomic E-state index is 0.251. The smallest absolute Gasteiger partial charge is 0.153 e. The van der Waals surface area contributed by atoms with Gasteiger partial charge in [0.05, 0.1) is 10.0 Å². The quantitative estimate of drug-likeness (QED) is 0.783. The van der Waals surface area contributed by atoms with Crippen LogP contribution in [0.5, 0.6) is 0 Å². The molecule has 1 aliphatic heterocycles. The number of hydrogen-bond acceptors (Lipinski definition) is 4.